The standard InChI is InChI=1S/C21H26N2O5/c1-26-11-10-23-18-4-2-3-8-21(18,9-7-19(23)24)20(25)22-15-5-6-16-17(14-15)28-13-12-27-16/h4-6,14H,2-3,7-13H2,1H3,(H,22,25). The Balaban J connectivity index is 1.58. The number of nitrogens with zero attached hydrogens (tertiary/aromatic N) is 1. The molecule has 2 aliphatic heterocycles. The highest BCUT2D eigenvalue weighted by Gasteiger charge is 2.49. The Kier molecular flexibility index (Phi) is 5.26. The zero-order valence-corrected chi connectivity index (χ0v) is 16.2. The average molecular weight is 386 g/mol. The summed E-state index contributed by atoms with van der Waals surface area (Å²) in [5.41, 5.74) is 0.837. The number of nitrogens with one attached hydrogen (secondary N) is 1. The molecule has 0 spiro atoms. The molecule has 7 nitrogen and oxygen atoms in total. The summed E-state index contributed by atoms with van der Waals surface area (Å²) in [5, 5.41) is 3.06. The van der Waals surface area contributed by atoms with Crippen LogP contribution in [0.4, 0.5) is 5.69 Å². The van der Waals surface area contributed by atoms with E-state index in [1.165, 1.54) is 0 Å². The van der Waals surface area contributed by atoms with Gasteiger partial charge in [0.2, 0.25) is 11.8 Å². The highest BCUT2D eigenvalue weighted by molar-refractivity contribution is 5.99. The van der Waals surface area contributed by atoms with Crippen LogP contribution in [0.3, 0.4) is 0 Å². The summed E-state index contributed by atoms with van der Waals surface area (Å²) in [6.07, 6.45) is 5.52. The van der Waals surface area contributed by atoms with Gasteiger partial charge in [-0.3, -0.25) is 9.59 Å². The minimum atomic E-state index is -0.673. The van der Waals surface area contributed by atoms with Crippen molar-refractivity contribution in [2.75, 3.05) is 38.8 Å². The van der Waals surface area contributed by atoms with Gasteiger partial charge in [0.15, 0.2) is 11.5 Å². The molecule has 1 saturated heterocycles. The minimum Gasteiger partial charge on any atom is -0.486 e. The van der Waals surface area contributed by atoms with E-state index >= 15 is 0 Å². The largest absolute Gasteiger partial charge is 0.486 e. The van der Waals surface area contributed by atoms with Crippen LogP contribution in [-0.4, -0.2) is 50.2 Å². The van der Waals surface area contributed by atoms with Crippen molar-refractivity contribution in [1.82, 2.24) is 4.90 Å². The molecule has 150 valence electrons. The highest BCUT2D eigenvalue weighted by atomic mass is 16.6. The maximum Gasteiger partial charge on any atom is 0.236 e. The number of anilines is 1. The van der Waals surface area contributed by atoms with Crippen LogP contribution in [0.1, 0.15) is 32.1 Å². The fraction of sp³-hybridized carbons (Fsp3) is 0.524. The first-order valence-corrected chi connectivity index (χ1v) is 9.85. The first kappa shape index (κ1) is 18.8. The Hall–Kier alpha value is -2.54. The number of fused-ring (bicyclic) bond motifs is 2. The minimum absolute atomic E-state index is 0.0629. The van der Waals surface area contributed by atoms with Gasteiger partial charge in [-0.15, -0.1) is 0 Å². The molecule has 1 N–H and O–H groups in total. The van der Waals surface area contributed by atoms with Crippen LogP contribution in [-0.2, 0) is 14.3 Å². The van der Waals surface area contributed by atoms with Gasteiger partial charge in [0.05, 0.1) is 12.0 Å². The van der Waals surface area contributed by atoms with E-state index in [9.17, 15) is 9.59 Å². The lowest BCUT2D eigenvalue weighted by atomic mass is 9.69. The third kappa shape index (κ3) is 3.35. The maximum atomic E-state index is 13.4. The molecule has 0 radical (unpaired) electrons. The van der Waals surface area contributed by atoms with Gasteiger partial charge in [-0.25, -0.2) is 0 Å². The monoisotopic (exact) mass is 386 g/mol. The third-order valence-corrected chi connectivity index (χ3v) is 5.75. The molecule has 1 atom stereocenters. The van der Waals surface area contributed by atoms with Crippen LogP contribution in [0.2, 0.25) is 0 Å². The van der Waals surface area contributed by atoms with Gasteiger partial charge < -0.3 is 24.4 Å². The molecule has 3 aliphatic rings. The van der Waals surface area contributed by atoms with Crippen molar-refractivity contribution < 1.29 is 23.8 Å². The number of ether oxygens (including phenoxy) is 3. The Morgan fingerprint density at radius 2 is 2.07 bits per heavy atom. The average Bonchev–Trinajstić information content (AvgIpc) is 2.73. The number of carbonyl (C=O) groups is 2. The normalized spacial score (nSPS) is 23.7. The summed E-state index contributed by atoms with van der Waals surface area (Å²) in [4.78, 5) is 27.7. The Morgan fingerprint density at radius 3 is 2.89 bits per heavy atom. The maximum absolute atomic E-state index is 13.4. The Morgan fingerprint density at radius 1 is 1.25 bits per heavy atom. The molecular weight excluding hydrogens is 360 g/mol. The predicted octanol–water partition coefficient (Wildman–Crippen LogP) is 2.72. The number of hydrogen-bond acceptors (Lipinski definition) is 5. The number of likely N-dealkylation sites (tertiary alicyclic amines) is 1. The van der Waals surface area contributed by atoms with E-state index in [1.54, 1.807) is 18.1 Å². The molecule has 1 aromatic rings. The second kappa shape index (κ2) is 7.83. The van der Waals surface area contributed by atoms with Crippen molar-refractivity contribution in [2.24, 2.45) is 5.41 Å². The van der Waals surface area contributed by atoms with Gasteiger partial charge in [-0.05, 0) is 37.8 Å². The van der Waals surface area contributed by atoms with Crippen LogP contribution >= 0.6 is 0 Å². The lowest BCUT2D eigenvalue weighted by Crippen LogP contribution is -2.51. The quantitative estimate of drug-likeness (QED) is 0.842. The molecule has 0 bridgehead atoms. The first-order chi connectivity index (χ1) is 13.6. The number of rotatable bonds is 5. The molecule has 28 heavy (non-hydrogen) atoms. The van der Waals surface area contributed by atoms with Crippen molar-refractivity contribution in [3.63, 3.8) is 0 Å². The van der Waals surface area contributed by atoms with Crippen LogP contribution in [0.15, 0.2) is 30.0 Å². The smallest absolute Gasteiger partial charge is 0.236 e. The van der Waals surface area contributed by atoms with Gasteiger partial charge in [-0.1, -0.05) is 6.08 Å². The molecule has 0 saturated carbocycles. The van der Waals surface area contributed by atoms with Gasteiger partial charge in [0, 0.05) is 37.5 Å². The predicted molar refractivity (Wildman–Crippen MR) is 103 cm³/mol. The summed E-state index contributed by atoms with van der Waals surface area (Å²) in [7, 11) is 1.62. The zero-order valence-electron chi connectivity index (χ0n) is 16.2. The van der Waals surface area contributed by atoms with Crippen molar-refractivity contribution in [3.05, 3.63) is 30.0 Å². The van der Waals surface area contributed by atoms with E-state index in [-0.39, 0.29) is 11.8 Å². The van der Waals surface area contributed by atoms with Crippen LogP contribution < -0.4 is 14.8 Å². The number of methoxy groups -OCH3 is 1. The van der Waals surface area contributed by atoms with E-state index in [1.807, 2.05) is 12.1 Å². The first-order valence-electron chi connectivity index (χ1n) is 9.85. The fourth-order valence-corrected chi connectivity index (χ4v) is 4.32. The molecule has 1 fully saturated rings. The van der Waals surface area contributed by atoms with Crippen LogP contribution in [0.25, 0.3) is 0 Å². The summed E-state index contributed by atoms with van der Waals surface area (Å²) >= 11 is 0. The van der Waals surface area contributed by atoms with Crippen LogP contribution in [0, 0.1) is 5.41 Å². The topological polar surface area (TPSA) is 77.1 Å². The van der Waals surface area contributed by atoms with E-state index in [0.29, 0.717) is 56.4 Å². The van der Waals surface area contributed by atoms with Gasteiger partial charge in [0.25, 0.3) is 0 Å². The van der Waals surface area contributed by atoms with Crippen molar-refractivity contribution in [1.29, 1.82) is 0 Å². The summed E-state index contributed by atoms with van der Waals surface area (Å²) in [6, 6.07) is 5.44. The number of amides is 2. The zero-order chi connectivity index (χ0) is 19.6. The number of piperidine rings is 1. The number of benzene rings is 1. The van der Waals surface area contributed by atoms with Gasteiger partial charge in [-0.2, -0.15) is 0 Å². The molecule has 1 aromatic carbocycles. The van der Waals surface area contributed by atoms with Crippen molar-refractivity contribution >= 4 is 17.5 Å². The molecule has 2 heterocycles. The van der Waals surface area contributed by atoms with Crippen LogP contribution in [0.5, 0.6) is 11.5 Å². The molecular formula is C21H26N2O5. The molecule has 0 aromatic heterocycles. The summed E-state index contributed by atoms with van der Waals surface area (Å²) < 4.78 is 16.3. The third-order valence-electron chi connectivity index (χ3n) is 5.75. The van der Waals surface area contributed by atoms with E-state index in [2.05, 4.69) is 11.4 Å². The number of carbonyl (C=O) groups excluding carboxylic acids is 2. The van der Waals surface area contributed by atoms with Crippen molar-refractivity contribution in [3.8, 4) is 11.5 Å². The molecule has 4 rings (SSSR count). The van der Waals surface area contributed by atoms with Gasteiger partial charge in [0.1, 0.15) is 13.2 Å². The second-order valence-corrected chi connectivity index (χ2v) is 7.41. The van der Waals surface area contributed by atoms with Crippen molar-refractivity contribution in [2.45, 2.75) is 32.1 Å². The molecule has 2 amide bonds. The summed E-state index contributed by atoms with van der Waals surface area (Å²) in [6.45, 7) is 1.95. The second-order valence-electron chi connectivity index (χ2n) is 7.41. The van der Waals surface area contributed by atoms with E-state index in [0.717, 1.165) is 25.0 Å². The van der Waals surface area contributed by atoms with E-state index < -0.39 is 5.41 Å². The lowest BCUT2D eigenvalue weighted by Gasteiger charge is -2.46. The Labute approximate surface area is 164 Å². The molecule has 7 heteroatoms. The molecule has 1 unspecified atom stereocenters. The highest BCUT2D eigenvalue weighted by Crippen LogP contribution is 2.47. The Bertz CT molecular complexity index is 806. The van der Waals surface area contributed by atoms with E-state index in [4.69, 9.17) is 14.2 Å². The SMILES string of the molecule is COCCN1C(=O)CCC2(C(=O)Nc3ccc4c(c3)OCCO4)CCCC=C12. The number of allylic oxidation sites excluding steroid dienone is 1. The number of hydrogen-bond donors (Lipinski definition) is 1. The lowest BCUT2D eigenvalue weighted by molar-refractivity contribution is -0.138. The fourth-order valence-electron chi connectivity index (χ4n) is 4.32. The van der Waals surface area contributed by atoms with Gasteiger partial charge >= 0.3 is 0 Å². The molecule has 1 aliphatic carbocycles. The summed E-state index contributed by atoms with van der Waals surface area (Å²) in [5.74, 6) is 1.33.